The zero-order valence-electron chi connectivity index (χ0n) is 25.1. The number of ether oxygens (including phenoxy) is 2. The number of aromatic nitrogens is 2. The number of nitrogens with zero attached hydrogens (tertiary/aromatic N) is 3. The Labute approximate surface area is 265 Å². The summed E-state index contributed by atoms with van der Waals surface area (Å²) in [6.45, 7) is -0.999. The van der Waals surface area contributed by atoms with E-state index in [2.05, 4.69) is 10.3 Å². The molecule has 0 aliphatic rings. The number of carbonyl (C=O) groups is 1. The van der Waals surface area contributed by atoms with Crippen molar-refractivity contribution in [1.82, 2.24) is 9.13 Å². The van der Waals surface area contributed by atoms with Crippen molar-refractivity contribution in [2.75, 3.05) is 19.0 Å². The zero-order chi connectivity index (χ0) is 33.9. The van der Waals surface area contributed by atoms with E-state index in [1.54, 1.807) is 18.2 Å². The predicted octanol–water partition coefficient (Wildman–Crippen LogP) is 5.82. The molecule has 0 fully saturated rings. The first-order valence-corrected chi connectivity index (χ1v) is 14.0. The molecule has 5 rings (SSSR count). The van der Waals surface area contributed by atoms with E-state index in [0.29, 0.717) is 12.0 Å². The van der Waals surface area contributed by atoms with E-state index >= 15 is 4.39 Å². The fourth-order valence-corrected chi connectivity index (χ4v) is 5.13. The molecule has 0 saturated carbocycles. The van der Waals surface area contributed by atoms with Gasteiger partial charge in [0, 0.05) is 18.3 Å². The van der Waals surface area contributed by atoms with Crippen LogP contribution in [0.3, 0.4) is 0 Å². The number of aryl methyl sites for hydroxylation is 1. The molecular weight excluding hydrogens is 620 g/mol. The number of methoxy groups -OCH3 is 1. The highest BCUT2D eigenvalue weighted by Gasteiger charge is 2.33. The third kappa shape index (κ3) is 6.85. The molecule has 4 N–H and O–H groups in total. The number of benzene rings is 4. The quantitative estimate of drug-likeness (QED) is 0.0996. The summed E-state index contributed by atoms with van der Waals surface area (Å²) in [4.78, 5) is 30.1. The standard InChI is InChI=1S/C33H28F4N6O4/c1-42-30-24(21-12-25(34)31(27(13-21)46-2)47-17-28(39)40-18-38)14-22(33(35,36)37)15-26(30)43(32(42)45)16-29(44)41-23-10-6-9-20(11-23)19-7-4-3-5-8-19/h3-15,18H,16-17H2,1-2H3,(H,41,44)(H3,38,39,40). The smallest absolute Gasteiger partial charge is 0.416 e. The monoisotopic (exact) mass is 648 g/mol. The van der Waals surface area contributed by atoms with E-state index in [1.165, 1.54) is 20.2 Å². The number of anilines is 1. The summed E-state index contributed by atoms with van der Waals surface area (Å²) in [5, 5.41) is 9.68. The van der Waals surface area contributed by atoms with Crippen LogP contribution in [0.1, 0.15) is 5.56 Å². The number of nitrogens with one attached hydrogen (secondary N) is 2. The second kappa shape index (κ2) is 13.2. The van der Waals surface area contributed by atoms with Crippen LogP contribution in [0.4, 0.5) is 23.2 Å². The van der Waals surface area contributed by atoms with Gasteiger partial charge in [-0.1, -0.05) is 42.5 Å². The van der Waals surface area contributed by atoms with Gasteiger partial charge >= 0.3 is 11.9 Å². The molecule has 0 radical (unpaired) electrons. The van der Waals surface area contributed by atoms with Gasteiger partial charge in [-0.3, -0.25) is 19.3 Å². The van der Waals surface area contributed by atoms with Gasteiger partial charge in [-0.15, -0.1) is 0 Å². The Balaban J connectivity index is 1.56. The average Bonchev–Trinajstić information content (AvgIpc) is 3.28. The van der Waals surface area contributed by atoms with E-state index in [0.717, 1.165) is 38.5 Å². The van der Waals surface area contributed by atoms with Gasteiger partial charge in [0.05, 0.1) is 23.7 Å². The van der Waals surface area contributed by atoms with Crippen LogP contribution in [0.15, 0.2) is 88.6 Å². The molecule has 0 spiro atoms. The van der Waals surface area contributed by atoms with Crippen LogP contribution in [0.25, 0.3) is 33.3 Å². The normalized spacial score (nSPS) is 11.8. The molecule has 0 aliphatic carbocycles. The van der Waals surface area contributed by atoms with Gasteiger partial charge in [0.1, 0.15) is 25.3 Å². The molecule has 1 amide bonds. The van der Waals surface area contributed by atoms with E-state index in [1.807, 2.05) is 36.4 Å². The van der Waals surface area contributed by atoms with Crippen molar-refractivity contribution in [2.24, 2.45) is 17.8 Å². The number of fused-ring (bicyclic) bond motifs is 1. The summed E-state index contributed by atoms with van der Waals surface area (Å²) in [6.07, 6.45) is -4.17. The van der Waals surface area contributed by atoms with Crippen LogP contribution in [-0.2, 0) is 24.6 Å². The summed E-state index contributed by atoms with van der Waals surface area (Å²) in [5.74, 6) is -2.33. The average molecular weight is 649 g/mol. The Bertz CT molecular complexity index is 2070. The van der Waals surface area contributed by atoms with Gasteiger partial charge in [-0.25, -0.2) is 14.2 Å². The molecule has 1 aromatic heterocycles. The van der Waals surface area contributed by atoms with E-state index < -0.39 is 42.3 Å². The lowest BCUT2D eigenvalue weighted by atomic mass is 9.99. The first kappa shape index (κ1) is 32.5. The molecule has 0 atom stereocenters. The number of rotatable bonds is 10. The Kier molecular flexibility index (Phi) is 9.12. The molecule has 0 saturated heterocycles. The van der Waals surface area contributed by atoms with Crippen LogP contribution in [0.5, 0.6) is 11.5 Å². The number of amides is 1. The maximum absolute atomic E-state index is 15.4. The predicted molar refractivity (Wildman–Crippen MR) is 171 cm³/mol. The summed E-state index contributed by atoms with van der Waals surface area (Å²) >= 11 is 0. The number of amidine groups is 1. The van der Waals surface area contributed by atoms with Crippen LogP contribution in [0, 0.1) is 11.2 Å². The Morgan fingerprint density at radius 2 is 1.74 bits per heavy atom. The maximum Gasteiger partial charge on any atom is 0.416 e. The minimum absolute atomic E-state index is 0.0272. The van der Waals surface area contributed by atoms with Gasteiger partial charge in [0.15, 0.2) is 17.3 Å². The largest absolute Gasteiger partial charge is 0.493 e. The van der Waals surface area contributed by atoms with Gasteiger partial charge < -0.3 is 20.5 Å². The maximum atomic E-state index is 15.4. The van der Waals surface area contributed by atoms with Crippen LogP contribution >= 0.6 is 0 Å². The number of hydrogen-bond donors (Lipinski definition) is 3. The van der Waals surface area contributed by atoms with Crippen LogP contribution in [0.2, 0.25) is 0 Å². The fourth-order valence-electron chi connectivity index (χ4n) is 5.13. The second-order valence-corrected chi connectivity index (χ2v) is 10.3. The molecule has 0 bridgehead atoms. The van der Waals surface area contributed by atoms with Crippen molar-refractivity contribution in [3.63, 3.8) is 0 Å². The minimum atomic E-state index is -4.85. The zero-order valence-corrected chi connectivity index (χ0v) is 25.1. The fraction of sp³-hybridized carbons (Fsp3) is 0.152. The SMILES string of the molecule is COc1cc(-c2cc(C(F)(F)F)cc3c2n(C)c(=O)n3CC(=O)Nc2cccc(-c3ccccc3)c2)cc(F)c1OCC(N)=NC=N. The third-order valence-electron chi connectivity index (χ3n) is 7.25. The number of carbonyl (C=O) groups excluding carboxylic acids is 1. The third-order valence-corrected chi connectivity index (χ3v) is 7.25. The number of nitrogens with two attached hydrogens (primary N) is 1. The summed E-state index contributed by atoms with van der Waals surface area (Å²) in [7, 11) is 2.55. The molecule has 4 aromatic carbocycles. The molecule has 10 nitrogen and oxygen atoms in total. The van der Waals surface area contributed by atoms with Gasteiger partial charge in [-0.05, 0) is 53.1 Å². The lowest BCUT2D eigenvalue weighted by molar-refractivity contribution is -0.137. The summed E-state index contributed by atoms with van der Waals surface area (Å²) in [5.41, 5.74) is 5.52. The van der Waals surface area contributed by atoms with Crippen molar-refractivity contribution >= 4 is 34.8 Å². The number of halogens is 4. The Morgan fingerprint density at radius 1 is 1.02 bits per heavy atom. The molecule has 47 heavy (non-hydrogen) atoms. The first-order valence-electron chi connectivity index (χ1n) is 14.0. The van der Waals surface area contributed by atoms with Gasteiger partial charge in [0.25, 0.3) is 0 Å². The minimum Gasteiger partial charge on any atom is -0.493 e. The molecule has 0 aliphatic heterocycles. The molecule has 242 valence electrons. The number of aliphatic imine (C=N–C) groups is 1. The second-order valence-electron chi connectivity index (χ2n) is 10.3. The molecular formula is C33H28F4N6O4. The van der Waals surface area contributed by atoms with Gasteiger partial charge in [0.2, 0.25) is 5.91 Å². The van der Waals surface area contributed by atoms with E-state index in [9.17, 15) is 22.8 Å². The Morgan fingerprint density at radius 3 is 2.43 bits per heavy atom. The van der Waals surface area contributed by atoms with Crippen molar-refractivity contribution in [2.45, 2.75) is 12.7 Å². The van der Waals surface area contributed by atoms with Crippen molar-refractivity contribution in [3.8, 4) is 33.8 Å². The van der Waals surface area contributed by atoms with Crippen LogP contribution in [-0.4, -0.2) is 40.9 Å². The number of imidazole rings is 1. The first-order chi connectivity index (χ1) is 22.4. The number of alkyl halides is 3. The topological polar surface area (TPSA) is 137 Å². The van der Waals surface area contributed by atoms with Gasteiger partial charge in [-0.2, -0.15) is 13.2 Å². The number of hydrogen-bond acceptors (Lipinski definition) is 5. The molecule has 0 unspecified atom stereocenters. The molecule has 1 heterocycles. The highest BCUT2D eigenvalue weighted by molar-refractivity contribution is 5.96. The molecule has 14 heteroatoms. The Hall–Kier alpha value is -5.92. The van der Waals surface area contributed by atoms with Crippen molar-refractivity contribution in [3.05, 3.63) is 101 Å². The van der Waals surface area contributed by atoms with E-state index in [4.69, 9.17) is 20.6 Å². The highest BCUT2D eigenvalue weighted by Crippen LogP contribution is 2.41. The van der Waals surface area contributed by atoms with Crippen molar-refractivity contribution in [1.29, 1.82) is 5.41 Å². The van der Waals surface area contributed by atoms with E-state index in [-0.39, 0.29) is 39.5 Å². The highest BCUT2D eigenvalue weighted by atomic mass is 19.4. The summed E-state index contributed by atoms with van der Waals surface area (Å²) < 4.78 is 70.5. The lowest BCUT2D eigenvalue weighted by Crippen LogP contribution is -2.28. The summed E-state index contributed by atoms with van der Waals surface area (Å²) in [6, 6.07) is 20.2. The molecule has 5 aromatic rings. The van der Waals surface area contributed by atoms with Crippen LogP contribution < -0.4 is 26.2 Å². The van der Waals surface area contributed by atoms with Crippen molar-refractivity contribution < 1.29 is 31.8 Å². The lowest BCUT2D eigenvalue weighted by Gasteiger charge is -2.16.